The Bertz CT molecular complexity index is 261. The van der Waals surface area contributed by atoms with E-state index < -0.39 is 17.1 Å². The van der Waals surface area contributed by atoms with Crippen molar-refractivity contribution in [2.24, 2.45) is 5.41 Å². The highest BCUT2D eigenvalue weighted by molar-refractivity contribution is 5.74. The molecule has 1 heterocycles. The maximum atomic E-state index is 11.3. The summed E-state index contributed by atoms with van der Waals surface area (Å²) in [5, 5.41) is 9.88. The lowest BCUT2D eigenvalue weighted by molar-refractivity contribution is -0.162. The van der Waals surface area contributed by atoms with Gasteiger partial charge in [0.05, 0.1) is 12.5 Å². The van der Waals surface area contributed by atoms with Gasteiger partial charge in [0.15, 0.2) is 0 Å². The minimum atomic E-state index is -0.833. The first-order valence-electron chi connectivity index (χ1n) is 4.93. The molecule has 0 aromatic carbocycles. The maximum absolute atomic E-state index is 11.3. The Morgan fingerprint density at radius 2 is 2.29 bits per heavy atom. The molecule has 1 aliphatic heterocycles. The number of ether oxygens (including phenoxy) is 1. The van der Waals surface area contributed by atoms with E-state index in [2.05, 4.69) is 6.58 Å². The predicted octanol–water partition coefficient (Wildman–Crippen LogP) is 1.66. The van der Waals surface area contributed by atoms with Crippen LogP contribution in [0.5, 0.6) is 0 Å². The van der Waals surface area contributed by atoms with E-state index >= 15 is 0 Å². The second-order valence-corrected chi connectivity index (χ2v) is 4.30. The largest absolute Gasteiger partial charge is 0.456 e. The van der Waals surface area contributed by atoms with Crippen LogP contribution in [0.3, 0.4) is 0 Å². The first-order chi connectivity index (χ1) is 6.39. The van der Waals surface area contributed by atoms with E-state index in [1.54, 1.807) is 13.0 Å². The van der Waals surface area contributed by atoms with Crippen LogP contribution >= 0.6 is 0 Å². The van der Waals surface area contributed by atoms with Gasteiger partial charge in [0.25, 0.3) is 0 Å². The molecule has 1 aliphatic rings. The van der Waals surface area contributed by atoms with Crippen LogP contribution in [-0.4, -0.2) is 22.8 Å². The van der Waals surface area contributed by atoms with Gasteiger partial charge >= 0.3 is 5.97 Å². The number of esters is 1. The highest BCUT2D eigenvalue weighted by Crippen LogP contribution is 2.47. The summed E-state index contributed by atoms with van der Waals surface area (Å²) in [6, 6.07) is 0. The Morgan fingerprint density at radius 1 is 1.71 bits per heavy atom. The topological polar surface area (TPSA) is 46.5 Å². The third kappa shape index (κ3) is 1.36. The van der Waals surface area contributed by atoms with Gasteiger partial charge in [0.2, 0.25) is 0 Å². The Hall–Kier alpha value is -0.830. The number of aliphatic hydroxyl groups is 1. The molecule has 1 saturated heterocycles. The molecule has 1 N–H and O–H groups in total. The summed E-state index contributed by atoms with van der Waals surface area (Å²) in [5.41, 5.74) is -1.31. The van der Waals surface area contributed by atoms with Crippen molar-refractivity contribution >= 4 is 5.97 Å². The molecule has 0 aromatic heterocycles. The summed E-state index contributed by atoms with van der Waals surface area (Å²) in [6.45, 7) is 9.25. The zero-order valence-electron chi connectivity index (χ0n) is 9.04. The van der Waals surface area contributed by atoms with Crippen molar-refractivity contribution < 1.29 is 14.6 Å². The molecule has 14 heavy (non-hydrogen) atoms. The Morgan fingerprint density at radius 3 is 2.71 bits per heavy atom. The van der Waals surface area contributed by atoms with Crippen molar-refractivity contribution in [1.29, 1.82) is 0 Å². The van der Waals surface area contributed by atoms with Gasteiger partial charge in [0.1, 0.15) is 5.60 Å². The number of rotatable bonds is 3. The average Bonchev–Trinajstić information content (AvgIpc) is 2.37. The Kier molecular flexibility index (Phi) is 2.72. The van der Waals surface area contributed by atoms with Gasteiger partial charge in [0, 0.05) is 5.41 Å². The SMILES string of the molecule is C=CC1(C)CC(=O)O[C@@]1(C)[C@H](O)CC. The van der Waals surface area contributed by atoms with Crippen LogP contribution in [0.25, 0.3) is 0 Å². The molecular weight excluding hydrogens is 180 g/mol. The van der Waals surface area contributed by atoms with Gasteiger partial charge in [-0.05, 0) is 13.3 Å². The molecule has 1 fully saturated rings. The van der Waals surface area contributed by atoms with Gasteiger partial charge in [-0.3, -0.25) is 4.79 Å². The van der Waals surface area contributed by atoms with E-state index in [4.69, 9.17) is 4.74 Å². The van der Waals surface area contributed by atoms with Crippen molar-refractivity contribution in [1.82, 2.24) is 0 Å². The van der Waals surface area contributed by atoms with Gasteiger partial charge in [-0.1, -0.05) is 19.9 Å². The molecule has 0 aliphatic carbocycles. The molecule has 1 rings (SSSR count). The second kappa shape index (κ2) is 3.39. The van der Waals surface area contributed by atoms with Crippen LogP contribution in [0.15, 0.2) is 12.7 Å². The quantitative estimate of drug-likeness (QED) is 0.554. The molecule has 0 bridgehead atoms. The van der Waals surface area contributed by atoms with E-state index in [0.29, 0.717) is 12.8 Å². The van der Waals surface area contributed by atoms with E-state index in [0.717, 1.165) is 0 Å². The van der Waals surface area contributed by atoms with Crippen molar-refractivity contribution in [3.63, 3.8) is 0 Å². The zero-order chi connectivity index (χ0) is 11.0. The van der Waals surface area contributed by atoms with Crippen LogP contribution in [0.1, 0.15) is 33.6 Å². The van der Waals surface area contributed by atoms with E-state index in [1.807, 2.05) is 13.8 Å². The van der Waals surface area contributed by atoms with Gasteiger partial charge < -0.3 is 9.84 Å². The van der Waals surface area contributed by atoms with Crippen molar-refractivity contribution in [2.45, 2.75) is 45.3 Å². The fourth-order valence-corrected chi connectivity index (χ4v) is 1.98. The first-order valence-corrected chi connectivity index (χ1v) is 4.93. The monoisotopic (exact) mass is 198 g/mol. The fourth-order valence-electron chi connectivity index (χ4n) is 1.98. The molecule has 80 valence electrons. The number of aliphatic hydroxyl groups excluding tert-OH is 1. The molecule has 0 radical (unpaired) electrons. The lowest BCUT2D eigenvalue weighted by atomic mass is 9.70. The highest BCUT2D eigenvalue weighted by atomic mass is 16.6. The standard InChI is InChI=1S/C11H18O3/c1-5-8(12)11(4)10(3,6-2)7-9(13)14-11/h6,8,12H,2,5,7H2,1,3-4H3/t8-,10?,11+/m1/s1. The van der Waals surface area contributed by atoms with Gasteiger partial charge in [-0.25, -0.2) is 0 Å². The van der Waals surface area contributed by atoms with Crippen LogP contribution < -0.4 is 0 Å². The van der Waals surface area contributed by atoms with Gasteiger partial charge in [-0.2, -0.15) is 0 Å². The molecule has 0 saturated carbocycles. The average molecular weight is 198 g/mol. The number of hydrogen-bond donors (Lipinski definition) is 1. The van der Waals surface area contributed by atoms with Crippen LogP contribution in [0.2, 0.25) is 0 Å². The molecule has 0 spiro atoms. The van der Waals surface area contributed by atoms with Crippen LogP contribution in [0, 0.1) is 5.41 Å². The normalized spacial score (nSPS) is 39.3. The molecule has 3 heteroatoms. The molecular formula is C11H18O3. The smallest absolute Gasteiger partial charge is 0.307 e. The number of carbonyl (C=O) groups excluding carboxylic acids is 1. The lowest BCUT2D eigenvalue weighted by Crippen LogP contribution is -2.49. The van der Waals surface area contributed by atoms with Crippen LogP contribution in [-0.2, 0) is 9.53 Å². The Labute approximate surface area is 84.8 Å². The number of carbonyl (C=O) groups is 1. The fraction of sp³-hybridized carbons (Fsp3) is 0.727. The van der Waals surface area contributed by atoms with Crippen LogP contribution in [0.4, 0.5) is 0 Å². The minimum Gasteiger partial charge on any atom is -0.456 e. The summed E-state index contributed by atoms with van der Waals surface area (Å²) in [4.78, 5) is 11.3. The summed E-state index contributed by atoms with van der Waals surface area (Å²) in [5.74, 6) is -0.262. The lowest BCUT2D eigenvalue weighted by Gasteiger charge is -2.39. The Balaban J connectivity index is 3.06. The summed E-state index contributed by atoms with van der Waals surface area (Å²) in [6.07, 6.45) is 1.92. The van der Waals surface area contributed by atoms with Crippen molar-refractivity contribution in [3.05, 3.63) is 12.7 Å². The second-order valence-electron chi connectivity index (χ2n) is 4.30. The number of cyclic esters (lactones) is 1. The molecule has 3 atom stereocenters. The third-order valence-corrected chi connectivity index (χ3v) is 3.44. The van der Waals surface area contributed by atoms with E-state index in [9.17, 15) is 9.90 Å². The highest BCUT2D eigenvalue weighted by Gasteiger charge is 2.56. The van der Waals surface area contributed by atoms with Crippen molar-refractivity contribution in [2.75, 3.05) is 0 Å². The van der Waals surface area contributed by atoms with Crippen molar-refractivity contribution in [3.8, 4) is 0 Å². The predicted molar refractivity (Wildman–Crippen MR) is 53.7 cm³/mol. The van der Waals surface area contributed by atoms with Gasteiger partial charge in [-0.15, -0.1) is 6.58 Å². The van der Waals surface area contributed by atoms with E-state index in [1.165, 1.54) is 0 Å². The number of hydrogen-bond acceptors (Lipinski definition) is 3. The summed E-state index contributed by atoms with van der Waals surface area (Å²) >= 11 is 0. The summed E-state index contributed by atoms with van der Waals surface area (Å²) in [7, 11) is 0. The molecule has 0 aromatic rings. The maximum Gasteiger partial charge on any atom is 0.307 e. The summed E-state index contributed by atoms with van der Waals surface area (Å²) < 4.78 is 5.25. The first kappa shape index (κ1) is 11.2. The molecule has 0 amide bonds. The third-order valence-electron chi connectivity index (χ3n) is 3.44. The molecule has 1 unspecified atom stereocenters. The molecule has 3 nitrogen and oxygen atoms in total. The van der Waals surface area contributed by atoms with E-state index in [-0.39, 0.29) is 5.97 Å². The zero-order valence-corrected chi connectivity index (χ0v) is 9.04. The minimum absolute atomic E-state index is 0.262.